The summed E-state index contributed by atoms with van der Waals surface area (Å²) in [6.07, 6.45) is 1.45. The molecule has 2 atom stereocenters. The molecule has 0 bridgehead atoms. The van der Waals surface area contributed by atoms with Crippen molar-refractivity contribution in [2.24, 2.45) is 0 Å². The van der Waals surface area contributed by atoms with Crippen LogP contribution in [0.3, 0.4) is 0 Å². The minimum Gasteiger partial charge on any atom is -0.486 e. The Kier molecular flexibility index (Phi) is 5.56. The molecule has 0 aliphatic carbocycles. The van der Waals surface area contributed by atoms with Gasteiger partial charge in [0.05, 0.1) is 24.5 Å². The van der Waals surface area contributed by atoms with Gasteiger partial charge in [0.1, 0.15) is 12.4 Å². The highest BCUT2D eigenvalue weighted by molar-refractivity contribution is 5.74. The van der Waals surface area contributed by atoms with Gasteiger partial charge >= 0.3 is 6.03 Å². The Morgan fingerprint density at radius 2 is 1.97 bits per heavy atom. The SMILES string of the molecule is Cc1c([C@@H](C)NC(=O)NC[C@@H]2COc3ccccc3O2)cnn1-c1ccc(F)cc1. The van der Waals surface area contributed by atoms with E-state index in [0.717, 1.165) is 16.9 Å². The molecular weight excluding hydrogens is 387 g/mol. The normalized spacial score (nSPS) is 16.0. The molecule has 2 heterocycles. The lowest BCUT2D eigenvalue weighted by molar-refractivity contribution is 0.0917. The topological polar surface area (TPSA) is 77.4 Å². The molecule has 0 saturated carbocycles. The summed E-state index contributed by atoms with van der Waals surface area (Å²) in [4.78, 5) is 12.4. The lowest BCUT2D eigenvalue weighted by Gasteiger charge is -2.26. The Bertz CT molecular complexity index is 1040. The highest BCUT2D eigenvalue weighted by Crippen LogP contribution is 2.30. The number of hydrogen-bond acceptors (Lipinski definition) is 4. The third kappa shape index (κ3) is 4.22. The number of ether oxygens (including phenoxy) is 2. The van der Waals surface area contributed by atoms with Crippen molar-refractivity contribution < 1.29 is 18.7 Å². The molecule has 3 aromatic rings. The van der Waals surface area contributed by atoms with Crippen molar-refractivity contribution in [3.63, 3.8) is 0 Å². The fourth-order valence-electron chi connectivity index (χ4n) is 3.39. The van der Waals surface area contributed by atoms with E-state index in [0.29, 0.717) is 24.7 Å². The molecule has 7 nitrogen and oxygen atoms in total. The van der Waals surface area contributed by atoms with Gasteiger partial charge in [-0.15, -0.1) is 0 Å². The highest BCUT2D eigenvalue weighted by Gasteiger charge is 2.22. The van der Waals surface area contributed by atoms with Crippen LogP contribution in [0, 0.1) is 12.7 Å². The van der Waals surface area contributed by atoms with E-state index in [1.807, 2.05) is 38.1 Å². The average Bonchev–Trinajstić information content (AvgIpc) is 3.14. The van der Waals surface area contributed by atoms with Gasteiger partial charge in [0, 0.05) is 11.3 Å². The largest absolute Gasteiger partial charge is 0.486 e. The third-order valence-corrected chi connectivity index (χ3v) is 4.99. The fraction of sp³-hybridized carbons (Fsp3) is 0.273. The number of carbonyl (C=O) groups excluding carboxylic acids is 1. The van der Waals surface area contributed by atoms with Gasteiger partial charge in [-0.1, -0.05) is 12.1 Å². The van der Waals surface area contributed by atoms with Crippen LogP contribution in [0.15, 0.2) is 54.7 Å². The van der Waals surface area contributed by atoms with E-state index in [1.54, 1.807) is 23.0 Å². The van der Waals surface area contributed by atoms with Gasteiger partial charge in [-0.05, 0) is 50.2 Å². The van der Waals surface area contributed by atoms with Gasteiger partial charge in [0.25, 0.3) is 0 Å². The van der Waals surface area contributed by atoms with Crippen molar-refractivity contribution in [3.05, 3.63) is 71.8 Å². The number of para-hydroxylation sites is 2. The van der Waals surface area contributed by atoms with Gasteiger partial charge < -0.3 is 20.1 Å². The number of nitrogens with one attached hydrogen (secondary N) is 2. The molecule has 0 radical (unpaired) electrons. The second-order valence-corrected chi connectivity index (χ2v) is 7.15. The summed E-state index contributed by atoms with van der Waals surface area (Å²) in [6, 6.07) is 13.0. The number of benzene rings is 2. The van der Waals surface area contributed by atoms with Crippen molar-refractivity contribution in [2.45, 2.75) is 26.0 Å². The highest BCUT2D eigenvalue weighted by atomic mass is 19.1. The number of fused-ring (bicyclic) bond motifs is 1. The van der Waals surface area contributed by atoms with E-state index in [1.165, 1.54) is 12.1 Å². The molecule has 8 heteroatoms. The van der Waals surface area contributed by atoms with E-state index in [4.69, 9.17) is 9.47 Å². The lowest BCUT2D eigenvalue weighted by Crippen LogP contribution is -2.45. The fourth-order valence-corrected chi connectivity index (χ4v) is 3.39. The standard InChI is InChI=1S/C22H23FN4O3/c1-14(19-12-25-27(15(19)2)17-9-7-16(23)8-10-17)26-22(28)24-11-18-13-29-20-5-3-4-6-21(20)30-18/h3-10,12,14,18H,11,13H2,1-2H3,(H2,24,26,28)/t14-,18-/m1/s1. The molecule has 2 aromatic carbocycles. The Balaban J connectivity index is 1.32. The summed E-state index contributed by atoms with van der Waals surface area (Å²) in [7, 11) is 0. The molecule has 2 amide bonds. The van der Waals surface area contributed by atoms with Crippen molar-refractivity contribution >= 4 is 6.03 Å². The van der Waals surface area contributed by atoms with Gasteiger partial charge in [-0.25, -0.2) is 13.9 Å². The van der Waals surface area contributed by atoms with Crippen LogP contribution in [0.2, 0.25) is 0 Å². The molecule has 0 saturated heterocycles. The smallest absolute Gasteiger partial charge is 0.315 e. The summed E-state index contributed by atoms with van der Waals surface area (Å²) < 4.78 is 26.4. The first-order valence-electron chi connectivity index (χ1n) is 9.74. The number of aromatic nitrogens is 2. The molecule has 1 aromatic heterocycles. The summed E-state index contributed by atoms with van der Waals surface area (Å²) >= 11 is 0. The zero-order chi connectivity index (χ0) is 21.1. The number of amides is 2. The molecule has 0 spiro atoms. The first-order valence-corrected chi connectivity index (χ1v) is 9.74. The number of urea groups is 1. The van der Waals surface area contributed by atoms with Crippen LogP contribution in [0.25, 0.3) is 5.69 Å². The van der Waals surface area contributed by atoms with Crippen molar-refractivity contribution in [3.8, 4) is 17.2 Å². The monoisotopic (exact) mass is 410 g/mol. The van der Waals surface area contributed by atoms with Crippen LogP contribution >= 0.6 is 0 Å². The average molecular weight is 410 g/mol. The van der Waals surface area contributed by atoms with Crippen LogP contribution in [0.4, 0.5) is 9.18 Å². The van der Waals surface area contributed by atoms with Gasteiger partial charge in [-0.3, -0.25) is 0 Å². The van der Waals surface area contributed by atoms with Gasteiger partial charge in [0.15, 0.2) is 17.6 Å². The van der Waals surface area contributed by atoms with Crippen LogP contribution in [-0.2, 0) is 0 Å². The number of halogens is 1. The van der Waals surface area contributed by atoms with E-state index in [9.17, 15) is 9.18 Å². The second kappa shape index (κ2) is 8.44. The lowest BCUT2D eigenvalue weighted by atomic mass is 10.1. The molecular formula is C22H23FN4O3. The maximum absolute atomic E-state index is 13.2. The summed E-state index contributed by atoms with van der Waals surface area (Å²) in [5.41, 5.74) is 2.50. The minimum atomic E-state index is -0.307. The van der Waals surface area contributed by atoms with E-state index < -0.39 is 0 Å². The van der Waals surface area contributed by atoms with E-state index in [-0.39, 0.29) is 24.0 Å². The first-order chi connectivity index (χ1) is 14.5. The van der Waals surface area contributed by atoms with Crippen LogP contribution < -0.4 is 20.1 Å². The number of carbonyl (C=O) groups is 1. The second-order valence-electron chi connectivity index (χ2n) is 7.15. The molecule has 4 rings (SSSR count). The molecule has 1 aliphatic heterocycles. The number of nitrogens with zero attached hydrogens (tertiary/aromatic N) is 2. The zero-order valence-electron chi connectivity index (χ0n) is 16.8. The number of rotatable bonds is 5. The minimum absolute atomic E-state index is 0.260. The Labute approximate surface area is 173 Å². The molecule has 0 unspecified atom stereocenters. The van der Waals surface area contributed by atoms with E-state index in [2.05, 4.69) is 15.7 Å². The molecule has 30 heavy (non-hydrogen) atoms. The molecule has 156 valence electrons. The van der Waals surface area contributed by atoms with Gasteiger partial charge in [-0.2, -0.15) is 5.10 Å². The molecule has 1 aliphatic rings. The Hall–Kier alpha value is -3.55. The van der Waals surface area contributed by atoms with Crippen LogP contribution in [-0.4, -0.2) is 35.1 Å². The quantitative estimate of drug-likeness (QED) is 0.675. The predicted octanol–water partition coefficient (Wildman–Crippen LogP) is 3.52. The summed E-state index contributed by atoms with van der Waals surface area (Å²) in [6.45, 7) is 4.48. The van der Waals surface area contributed by atoms with E-state index >= 15 is 0 Å². The number of hydrogen-bond donors (Lipinski definition) is 2. The Morgan fingerprint density at radius 1 is 1.23 bits per heavy atom. The maximum Gasteiger partial charge on any atom is 0.315 e. The predicted molar refractivity (Wildman–Crippen MR) is 110 cm³/mol. The molecule has 2 N–H and O–H groups in total. The van der Waals surface area contributed by atoms with Crippen molar-refractivity contribution in [2.75, 3.05) is 13.2 Å². The van der Waals surface area contributed by atoms with Gasteiger partial charge in [0.2, 0.25) is 0 Å². The Morgan fingerprint density at radius 3 is 2.73 bits per heavy atom. The van der Waals surface area contributed by atoms with Crippen molar-refractivity contribution in [1.82, 2.24) is 20.4 Å². The first kappa shape index (κ1) is 19.8. The summed E-state index contributed by atoms with van der Waals surface area (Å²) in [5.74, 6) is 1.08. The zero-order valence-corrected chi connectivity index (χ0v) is 16.8. The third-order valence-electron chi connectivity index (χ3n) is 4.99. The van der Waals surface area contributed by atoms with Crippen molar-refractivity contribution in [1.29, 1.82) is 0 Å². The van der Waals surface area contributed by atoms with Crippen LogP contribution in [0.1, 0.15) is 24.2 Å². The molecule has 0 fully saturated rings. The maximum atomic E-state index is 13.2. The van der Waals surface area contributed by atoms with Crippen LogP contribution in [0.5, 0.6) is 11.5 Å². The summed E-state index contributed by atoms with van der Waals surface area (Å²) in [5, 5.41) is 10.1.